The Morgan fingerprint density at radius 3 is 1.05 bits per heavy atom. The predicted octanol–water partition coefficient (Wildman–Crippen LogP) is 28.8. The molecule has 9 atom stereocenters. The summed E-state index contributed by atoms with van der Waals surface area (Å²) < 4.78 is 90.3. The summed E-state index contributed by atoms with van der Waals surface area (Å²) in [7, 11) is -7.62. The van der Waals surface area contributed by atoms with Crippen LogP contribution in [0.4, 0.5) is 0 Å². The second-order valence-electron chi connectivity index (χ2n) is 37.5. The molecule has 1 heterocycles. The van der Waals surface area contributed by atoms with Crippen LogP contribution in [-0.2, 0) is 109 Å². The van der Waals surface area contributed by atoms with E-state index >= 15 is 18.9 Å². The summed E-state index contributed by atoms with van der Waals surface area (Å²) in [4.78, 5) is 104. The minimum Gasteiger partial charge on any atom is -0.462 e. The van der Waals surface area contributed by atoms with Gasteiger partial charge in [-0.3, -0.25) is 47.1 Å². The number of unbranched alkanes of at least 4 members (excludes halogenated alkanes) is 42. The van der Waals surface area contributed by atoms with Gasteiger partial charge in [0.25, 0.3) is 0 Å². The van der Waals surface area contributed by atoms with Gasteiger partial charge in [0.15, 0.2) is 20.7 Å². The summed E-state index contributed by atoms with van der Waals surface area (Å²) in [5.74, 6) is -3.91. The lowest BCUT2D eigenvalue weighted by molar-refractivity contribution is -0.272. The molecule has 2 N–H and O–H groups in total. The molecule has 0 radical (unpaired) electrons. The van der Waals surface area contributed by atoms with E-state index in [1.54, 1.807) is 0 Å². The van der Waals surface area contributed by atoms with E-state index in [1.807, 2.05) is 91.0 Å². The van der Waals surface area contributed by atoms with Gasteiger partial charge >= 0.3 is 37.7 Å². The summed E-state index contributed by atoms with van der Waals surface area (Å²) in [6, 6.07) is 26.8. The number of phosphoric ester groups is 1. The summed E-state index contributed by atoms with van der Waals surface area (Å²) in [5.41, 5.74) is 2.00. The molecule has 4 rings (SSSR count). The number of carbonyl (C=O) groups excluding carboxylic acids is 7. The molecule has 23 heteroatoms. The molecule has 0 saturated carbocycles. The van der Waals surface area contributed by atoms with Crippen LogP contribution in [0.25, 0.3) is 0 Å². The maximum Gasteiger partial charge on any atom is 0.475 e. The Balaban J connectivity index is 2.05. The van der Waals surface area contributed by atoms with Gasteiger partial charge in [0.05, 0.1) is 58.2 Å². The summed E-state index contributed by atoms with van der Waals surface area (Å²) in [6.07, 6.45) is 40.6. The van der Waals surface area contributed by atoms with Gasteiger partial charge in [0, 0.05) is 19.3 Å². The number of hydrogen-bond donors (Lipinski definition) is 2. The lowest BCUT2D eigenvalue weighted by Crippen LogP contribution is -2.67. The molecule has 21 nitrogen and oxygen atoms in total. The van der Waals surface area contributed by atoms with Gasteiger partial charge in [-0.05, 0) is 92.6 Å². The maximum atomic E-state index is 16.5. The van der Waals surface area contributed by atoms with Crippen molar-refractivity contribution in [1.29, 1.82) is 0 Å². The van der Waals surface area contributed by atoms with Gasteiger partial charge in [0.1, 0.15) is 43.2 Å². The van der Waals surface area contributed by atoms with Crippen LogP contribution in [0.3, 0.4) is 0 Å². The third-order valence-electron chi connectivity index (χ3n) is 25.9. The van der Waals surface area contributed by atoms with Crippen molar-refractivity contribution in [3.63, 3.8) is 0 Å². The topological polar surface area (TPSA) is 262 Å². The smallest absolute Gasteiger partial charge is 0.462 e. The second-order valence-corrected chi connectivity index (χ2v) is 43.9. The van der Waals surface area contributed by atoms with Crippen LogP contribution in [-0.4, -0.2) is 118 Å². The number of ether oxygens (including phenoxy) is 7. The van der Waals surface area contributed by atoms with Crippen LogP contribution in [0.1, 0.15) is 451 Å². The van der Waals surface area contributed by atoms with Crippen molar-refractivity contribution in [3.8, 4) is 0 Å². The second kappa shape index (κ2) is 78.1. The third-order valence-corrected chi connectivity index (χ3v) is 31.9. The molecule has 1 saturated heterocycles. The lowest BCUT2D eigenvalue weighted by atomic mass is 9.95. The van der Waals surface area contributed by atoms with E-state index in [1.165, 1.54) is 57.8 Å². The highest BCUT2D eigenvalue weighted by Crippen LogP contribution is 2.54. The molecule has 0 spiro atoms. The fourth-order valence-corrected chi connectivity index (χ4v) is 21.4. The molecular weight excluding hydrogens is 1700 g/mol. The number of amides is 2. The zero-order valence-electron chi connectivity index (χ0n) is 84.2. The number of phosphoric acid groups is 1. The van der Waals surface area contributed by atoms with E-state index in [-0.39, 0.29) is 64.5 Å². The quantitative estimate of drug-likeness (QED) is 0.0175. The Bertz CT molecular complexity index is 3360. The Labute approximate surface area is 801 Å². The molecular formula is C109H185N2O19PSi. The van der Waals surface area contributed by atoms with Gasteiger partial charge in [-0.1, -0.05) is 423 Å². The van der Waals surface area contributed by atoms with Crippen molar-refractivity contribution in [3.05, 3.63) is 108 Å². The molecule has 0 bridgehead atoms. The van der Waals surface area contributed by atoms with E-state index in [9.17, 15) is 19.2 Å². The number of benzene rings is 3. The van der Waals surface area contributed by atoms with Gasteiger partial charge in [-0.2, -0.15) is 0 Å². The van der Waals surface area contributed by atoms with E-state index < -0.39 is 126 Å². The van der Waals surface area contributed by atoms with Gasteiger partial charge in [0.2, 0.25) is 11.8 Å². The zero-order valence-corrected chi connectivity index (χ0v) is 86.1. The first-order chi connectivity index (χ1) is 64.4. The van der Waals surface area contributed by atoms with Crippen molar-refractivity contribution in [1.82, 2.24) is 10.6 Å². The largest absolute Gasteiger partial charge is 0.475 e. The average Bonchev–Trinajstić information content (AvgIpc) is 0.769. The first-order valence-electron chi connectivity index (χ1n) is 53.5. The minimum absolute atomic E-state index is 0.0777. The Morgan fingerprint density at radius 1 is 0.364 bits per heavy atom. The molecule has 754 valence electrons. The standard InChI is InChI=1S/C109H185N2O19PSi/c1-10-19-25-31-37-40-46-49-64-76-95(125-101(114)79-67-52-43-34-28-22-13-4)83-99(112)110-94(82-104(117)120-86-91-70-58-55-59-71-91)89-121-109-106(111-100(113)84-96(77-65-50-47-41-38-32-26-20-11-2)126-102(115)80-68-53-44-35-29-23-14-5)108(129-105(118)85-97(78-66-51-48-42-39-33-27-21-12-3)127-103(116)81-69-54-45-36-30-24-15-6)107(98(128-109)90-124-132(16-7,17-8)18-9)130-131(119,122-87-92-72-60-56-61-73-92)123-88-93-74-62-57-63-75-93/h55-63,70-75,94-98,106-109H,10-54,64-69,76-90H2,1-9H3,(H,110,112)(H,111,113)/t94-,95-,96-,97-,98-,106-,107-,108-,109-/m1/s1. The normalized spacial score (nSPS) is 16.1. The molecule has 2 amide bonds. The number of esters is 5. The molecule has 3 aromatic carbocycles. The molecule has 0 aliphatic carbocycles. The minimum atomic E-state index is -4.96. The highest BCUT2D eigenvalue weighted by molar-refractivity contribution is 7.48. The number of nitrogens with one attached hydrogen (secondary N) is 2. The summed E-state index contributed by atoms with van der Waals surface area (Å²) in [6.45, 7) is 18.1. The summed E-state index contributed by atoms with van der Waals surface area (Å²) >= 11 is 0. The Hall–Kier alpha value is -5.84. The van der Waals surface area contributed by atoms with Crippen LogP contribution in [0.5, 0.6) is 0 Å². The molecule has 0 unspecified atom stereocenters. The first-order valence-corrected chi connectivity index (χ1v) is 57.5. The molecule has 1 fully saturated rings. The zero-order chi connectivity index (χ0) is 95.4. The van der Waals surface area contributed by atoms with Gasteiger partial charge in [-0.15, -0.1) is 0 Å². The van der Waals surface area contributed by atoms with Crippen molar-refractivity contribution in [2.45, 2.75) is 528 Å². The molecule has 1 aliphatic heterocycles. The van der Waals surface area contributed by atoms with Crippen molar-refractivity contribution in [2.24, 2.45) is 0 Å². The monoisotopic (exact) mass is 1890 g/mol. The highest BCUT2D eigenvalue weighted by atomic mass is 31.2. The number of rotatable bonds is 87. The highest BCUT2D eigenvalue weighted by Gasteiger charge is 2.54. The van der Waals surface area contributed by atoms with Crippen molar-refractivity contribution < 1.29 is 89.3 Å². The van der Waals surface area contributed by atoms with Crippen LogP contribution >= 0.6 is 7.82 Å². The van der Waals surface area contributed by atoms with E-state index in [4.69, 9.17) is 51.2 Å². The maximum absolute atomic E-state index is 16.5. The number of carbonyl (C=O) groups is 7. The van der Waals surface area contributed by atoms with Gasteiger partial charge in [-0.25, -0.2) is 4.57 Å². The Morgan fingerprint density at radius 2 is 0.689 bits per heavy atom. The van der Waals surface area contributed by atoms with Crippen LogP contribution < -0.4 is 10.6 Å². The SMILES string of the molecule is CCCCCCCCCCC[C@H](CC(=O)N[C@@H](CO[C@@H]1O[C@H](CO[Si](CC)(CC)CC)[C@@H](OP(=O)(OCc2ccccc2)OCc2ccccc2)[C@H](OC(=O)C[C@@H](CCCCCCCCCCC)OC(=O)CCCCCCCCC)[C@H]1NC(=O)C[C@@H](CCCCCCCCCCC)OC(=O)CCCCCCCCC)CC(=O)OCc1ccccc1)OC(=O)CCCCCCCCC. The molecule has 132 heavy (non-hydrogen) atoms. The summed E-state index contributed by atoms with van der Waals surface area (Å²) in [5, 5.41) is 6.31. The fraction of sp³-hybridized carbons (Fsp3) is 0.771. The molecule has 1 aliphatic rings. The van der Waals surface area contributed by atoms with E-state index in [0.29, 0.717) is 80.6 Å². The lowest BCUT2D eigenvalue weighted by Gasteiger charge is -2.47. The fourth-order valence-electron chi connectivity index (χ4n) is 17.4. The molecule has 0 aromatic heterocycles. The van der Waals surface area contributed by atoms with Gasteiger partial charge < -0.3 is 48.2 Å². The number of hydrogen-bond acceptors (Lipinski definition) is 19. The van der Waals surface area contributed by atoms with Crippen LogP contribution in [0.2, 0.25) is 18.1 Å². The predicted molar refractivity (Wildman–Crippen MR) is 534 cm³/mol. The first kappa shape index (κ1) is 118. The Kier molecular flexibility index (Phi) is 70.1. The van der Waals surface area contributed by atoms with Crippen LogP contribution in [0, 0.1) is 0 Å². The van der Waals surface area contributed by atoms with Crippen molar-refractivity contribution in [2.75, 3.05) is 13.2 Å². The molecule has 3 aromatic rings. The van der Waals surface area contributed by atoms with E-state index in [2.05, 4.69) is 72.9 Å². The van der Waals surface area contributed by atoms with Crippen molar-refractivity contribution >= 4 is 57.8 Å². The van der Waals surface area contributed by atoms with E-state index in [0.717, 1.165) is 224 Å². The third kappa shape index (κ3) is 58.0. The average molecular weight is 1890 g/mol. The van der Waals surface area contributed by atoms with Crippen LogP contribution in [0.15, 0.2) is 91.0 Å².